The van der Waals surface area contributed by atoms with Crippen molar-refractivity contribution in [1.29, 1.82) is 0 Å². The highest BCUT2D eigenvalue weighted by Crippen LogP contribution is 2.44. The number of aliphatic hydroxyl groups is 1. The van der Waals surface area contributed by atoms with Gasteiger partial charge in [0.15, 0.2) is 0 Å². The topological polar surface area (TPSA) is 61.0 Å². The number of hydrogen-bond donors (Lipinski definition) is 1. The van der Waals surface area contributed by atoms with Gasteiger partial charge < -0.3 is 14.9 Å². The van der Waals surface area contributed by atoms with Crippen molar-refractivity contribution in [2.24, 2.45) is 5.41 Å². The molecule has 1 saturated carbocycles. The summed E-state index contributed by atoms with van der Waals surface area (Å²) in [5, 5.41) is 9.75. The summed E-state index contributed by atoms with van der Waals surface area (Å²) in [6, 6.07) is 3.87. The Labute approximate surface area is 154 Å². The van der Waals surface area contributed by atoms with Crippen molar-refractivity contribution in [2.45, 2.75) is 57.1 Å². The molecule has 1 unspecified atom stereocenters. The molecule has 6 nitrogen and oxygen atoms in total. The Morgan fingerprint density at radius 1 is 1.23 bits per heavy atom. The van der Waals surface area contributed by atoms with Crippen molar-refractivity contribution in [3.05, 3.63) is 29.7 Å². The molecule has 3 heterocycles. The van der Waals surface area contributed by atoms with E-state index in [2.05, 4.69) is 19.6 Å². The second-order valence-corrected chi connectivity index (χ2v) is 7.97. The quantitative estimate of drug-likeness (QED) is 0.830. The Morgan fingerprint density at radius 2 is 2.04 bits per heavy atom. The van der Waals surface area contributed by atoms with Crippen LogP contribution in [-0.2, 0) is 4.79 Å². The lowest BCUT2D eigenvalue weighted by Gasteiger charge is -2.41. The van der Waals surface area contributed by atoms with E-state index in [1.807, 2.05) is 0 Å². The summed E-state index contributed by atoms with van der Waals surface area (Å²) in [5.41, 5.74) is 0.235. The Hall–Kier alpha value is -2.13. The lowest BCUT2D eigenvalue weighted by Crippen LogP contribution is -2.50. The number of anilines is 1. The van der Waals surface area contributed by atoms with Gasteiger partial charge in [0, 0.05) is 31.9 Å². The molecule has 26 heavy (non-hydrogen) atoms. The molecule has 1 atom stereocenters. The van der Waals surface area contributed by atoms with E-state index in [1.165, 1.54) is 0 Å². The van der Waals surface area contributed by atoms with Crippen molar-refractivity contribution in [3.63, 3.8) is 0 Å². The average molecular weight is 354 g/mol. The Morgan fingerprint density at radius 3 is 2.81 bits per heavy atom. The highest BCUT2D eigenvalue weighted by Gasteiger charge is 2.50. The van der Waals surface area contributed by atoms with Gasteiger partial charge in [-0.1, -0.05) is 12.1 Å². The van der Waals surface area contributed by atoms with E-state index in [-0.39, 0.29) is 23.5 Å². The molecule has 1 amide bonds. The number of amides is 1. The van der Waals surface area contributed by atoms with Crippen LogP contribution in [0.4, 0.5) is 11.5 Å². The van der Waals surface area contributed by atoms with Gasteiger partial charge in [-0.3, -0.25) is 9.78 Å². The molecule has 0 aromatic carbocycles. The Balaban J connectivity index is 1.52. The number of rotatable bonds is 2. The molecule has 1 N–H and O–H groups in total. The van der Waals surface area contributed by atoms with Crippen LogP contribution in [0.3, 0.4) is 0 Å². The van der Waals surface area contributed by atoms with Crippen LogP contribution < -0.4 is 4.90 Å². The van der Waals surface area contributed by atoms with Crippen molar-refractivity contribution in [1.82, 2.24) is 9.88 Å². The summed E-state index contributed by atoms with van der Waals surface area (Å²) in [4.78, 5) is 25.6. The van der Waals surface area contributed by atoms with Crippen LogP contribution in [0.15, 0.2) is 18.3 Å². The molecule has 1 aromatic rings. The average Bonchev–Trinajstić information content (AvgIpc) is 2.98. The van der Waals surface area contributed by atoms with E-state index < -0.39 is 0 Å². The number of aliphatic hydroxyl groups excluding tert-OH is 1. The fraction of sp³-hybridized carbons (Fsp3) is 0.650. The lowest BCUT2D eigenvalue weighted by atomic mass is 9.78. The third kappa shape index (κ3) is 2.95. The summed E-state index contributed by atoms with van der Waals surface area (Å²) >= 11 is 0. The third-order valence-electron chi connectivity index (χ3n) is 6.42. The minimum atomic E-state index is -0.328. The fourth-order valence-corrected chi connectivity index (χ4v) is 4.98. The van der Waals surface area contributed by atoms with Gasteiger partial charge >= 0.3 is 0 Å². The number of aromatic nitrogens is 1. The minimum absolute atomic E-state index is 0.195. The predicted molar refractivity (Wildman–Crippen MR) is 99.0 cm³/mol. The Kier molecular flexibility index (Phi) is 4.58. The van der Waals surface area contributed by atoms with Gasteiger partial charge in [-0.2, -0.15) is 0 Å². The van der Waals surface area contributed by atoms with Crippen LogP contribution in [-0.4, -0.2) is 52.7 Å². The second-order valence-electron chi connectivity index (χ2n) is 7.97. The van der Waals surface area contributed by atoms with Crippen LogP contribution in [0.1, 0.15) is 44.9 Å². The second kappa shape index (κ2) is 6.88. The maximum atomic E-state index is 13.4. The first-order chi connectivity index (χ1) is 12.6. The number of hydrogen-bond acceptors (Lipinski definition) is 4. The molecule has 2 saturated heterocycles. The van der Waals surface area contributed by atoms with E-state index in [0.717, 1.165) is 58.0 Å². The summed E-state index contributed by atoms with van der Waals surface area (Å²) in [6.45, 7) is 9.73. The zero-order valence-corrected chi connectivity index (χ0v) is 15.1. The molecule has 1 aliphatic carbocycles. The molecule has 2 aliphatic heterocycles. The van der Waals surface area contributed by atoms with E-state index in [9.17, 15) is 9.90 Å². The summed E-state index contributed by atoms with van der Waals surface area (Å²) in [6.07, 6.45) is 7.73. The third-order valence-corrected chi connectivity index (χ3v) is 6.42. The van der Waals surface area contributed by atoms with Crippen LogP contribution in [0, 0.1) is 12.0 Å². The Bertz CT molecular complexity index is 723. The fourth-order valence-electron chi connectivity index (χ4n) is 4.98. The molecule has 0 bridgehead atoms. The molecule has 1 spiro atoms. The molecule has 6 heteroatoms. The van der Waals surface area contributed by atoms with E-state index in [4.69, 9.17) is 6.57 Å². The predicted octanol–water partition coefficient (Wildman–Crippen LogP) is 2.75. The van der Waals surface area contributed by atoms with Gasteiger partial charge in [-0.15, -0.1) is 0 Å². The van der Waals surface area contributed by atoms with Gasteiger partial charge in [-0.05, 0) is 44.9 Å². The number of piperidine rings is 1. The van der Waals surface area contributed by atoms with Crippen LogP contribution in [0.5, 0.6) is 0 Å². The smallest absolute Gasteiger partial charge is 0.230 e. The van der Waals surface area contributed by atoms with Crippen molar-refractivity contribution < 1.29 is 9.90 Å². The van der Waals surface area contributed by atoms with Crippen molar-refractivity contribution in [3.8, 4) is 0 Å². The number of nitrogens with zero attached hydrogens (tertiary/aromatic N) is 4. The molecule has 1 aromatic heterocycles. The minimum Gasteiger partial charge on any atom is -0.393 e. The molecular weight excluding hydrogens is 328 g/mol. The van der Waals surface area contributed by atoms with Gasteiger partial charge in [0.1, 0.15) is 5.82 Å². The first kappa shape index (κ1) is 17.3. The van der Waals surface area contributed by atoms with Crippen LogP contribution >= 0.6 is 0 Å². The number of pyridine rings is 1. The maximum Gasteiger partial charge on any atom is 0.230 e. The largest absolute Gasteiger partial charge is 0.393 e. The standard InChI is InChI=1S/C20H26N4O2/c1-21-17-4-2-11-22-18(17)23-12-3-9-20(14-23)10-13-24(19(20)26)15-5-7-16(25)8-6-15/h2,4,11,15-16,25H,3,5-10,12-14H2. The molecule has 0 radical (unpaired) electrons. The maximum absolute atomic E-state index is 13.4. The normalized spacial score (nSPS) is 32.1. The van der Waals surface area contributed by atoms with Gasteiger partial charge in [-0.25, -0.2) is 4.85 Å². The molecule has 3 fully saturated rings. The van der Waals surface area contributed by atoms with Crippen molar-refractivity contribution >= 4 is 17.4 Å². The molecule has 3 aliphatic rings. The summed E-state index contributed by atoms with van der Waals surface area (Å²) < 4.78 is 0. The zero-order chi connectivity index (χ0) is 18.1. The van der Waals surface area contributed by atoms with Crippen LogP contribution in [0.2, 0.25) is 0 Å². The first-order valence-corrected chi connectivity index (χ1v) is 9.69. The van der Waals surface area contributed by atoms with Gasteiger partial charge in [0.25, 0.3) is 0 Å². The molecule has 138 valence electrons. The van der Waals surface area contributed by atoms with Crippen molar-refractivity contribution in [2.75, 3.05) is 24.5 Å². The van der Waals surface area contributed by atoms with E-state index in [0.29, 0.717) is 18.1 Å². The van der Waals surface area contributed by atoms with Crippen LogP contribution in [0.25, 0.3) is 4.85 Å². The first-order valence-electron chi connectivity index (χ1n) is 9.69. The zero-order valence-electron chi connectivity index (χ0n) is 15.1. The lowest BCUT2D eigenvalue weighted by molar-refractivity contribution is -0.139. The highest BCUT2D eigenvalue weighted by atomic mass is 16.3. The highest BCUT2D eigenvalue weighted by molar-refractivity contribution is 5.86. The number of carbonyl (C=O) groups excluding carboxylic acids is 1. The molecule has 4 rings (SSSR count). The van der Waals surface area contributed by atoms with E-state index >= 15 is 0 Å². The number of carbonyl (C=O) groups is 1. The monoisotopic (exact) mass is 354 g/mol. The summed E-state index contributed by atoms with van der Waals surface area (Å²) in [5.74, 6) is 0.998. The SMILES string of the molecule is [C-]#[N+]c1cccnc1N1CCCC2(CCN(C3CCC(O)CC3)C2=O)C1. The van der Waals surface area contributed by atoms with Gasteiger partial charge in [0.05, 0.1) is 18.1 Å². The van der Waals surface area contributed by atoms with Gasteiger partial charge in [0.2, 0.25) is 11.6 Å². The van der Waals surface area contributed by atoms with E-state index in [1.54, 1.807) is 18.3 Å². The number of likely N-dealkylation sites (tertiary alicyclic amines) is 1. The summed E-state index contributed by atoms with van der Waals surface area (Å²) in [7, 11) is 0. The molecular formula is C20H26N4O2.